The molecule has 5 N–H and O–H groups in total. The first-order chi connectivity index (χ1) is 9.40. The third kappa shape index (κ3) is 5.23. The minimum Gasteiger partial charge on any atom is -0.368 e. The number of pyridine rings is 1. The van der Waals surface area contributed by atoms with Crippen LogP contribution in [0.3, 0.4) is 0 Å². The molecular weight excluding hydrogens is 258 g/mol. The fraction of sp³-hybridized carbons (Fsp3) is 0.462. The molecule has 0 saturated heterocycles. The van der Waals surface area contributed by atoms with E-state index in [-0.39, 0.29) is 13.1 Å². The summed E-state index contributed by atoms with van der Waals surface area (Å²) in [7, 11) is 0. The smallest absolute Gasteiger partial charge is 0.237 e. The zero-order chi connectivity index (χ0) is 15.1. The van der Waals surface area contributed by atoms with Crippen molar-refractivity contribution in [2.45, 2.75) is 26.4 Å². The Morgan fingerprint density at radius 1 is 1.30 bits per heavy atom. The molecular formula is C13H21N5O2. The van der Waals surface area contributed by atoms with Crippen LogP contribution in [0.1, 0.15) is 19.4 Å². The van der Waals surface area contributed by atoms with Gasteiger partial charge >= 0.3 is 0 Å². The minimum atomic E-state index is -0.542. The zero-order valence-corrected chi connectivity index (χ0v) is 11.8. The number of nitrogens with two attached hydrogens (primary N) is 2. The molecule has 0 bridgehead atoms. The number of rotatable bonds is 8. The van der Waals surface area contributed by atoms with Gasteiger partial charge in [0.05, 0.1) is 13.1 Å². The first-order valence-electron chi connectivity index (χ1n) is 6.39. The van der Waals surface area contributed by atoms with E-state index in [1.54, 1.807) is 12.3 Å². The number of nitrogens with one attached hydrogen (secondary N) is 1. The SMILES string of the molecule is CC(C)NCc1cccnc1N(CC(N)=O)CC(N)=O. The van der Waals surface area contributed by atoms with Gasteiger partial charge in [-0.1, -0.05) is 19.9 Å². The van der Waals surface area contributed by atoms with E-state index < -0.39 is 11.8 Å². The van der Waals surface area contributed by atoms with Crippen LogP contribution in [0.15, 0.2) is 18.3 Å². The highest BCUT2D eigenvalue weighted by Crippen LogP contribution is 2.16. The summed E-state index contributed by atoms with van der Waals surface area (Å²) in [6, 6.07) is 3.99. The molecule has 7 nitrogen and oxygen atoms in total. The van der Waals surface area contributed by atoms with Crippen molar-refractivity contribution in [2.24, 2.45) is 11.5 Å². The molecule has 0 fully saturated rings. The van der Waals surface area contributed by atoms with Crippen molar-refractivity contribution in [1.29, 1.82) is 0 Å². The molecule has 110 valence electrons. The van der Waals surface area contributed by atoms with Crippen molar-refractivity contribution in [3.8, 4) is 0 Å². The quantitative estimate of drug-likeness (QED) is 0.585. The summed E-state index contributed by atoms with van der Waals surface area (Å²) in [5.74, 6) is -0.544. The maximum atomic E-state index is 11.1. The van der Waals surface area contributed by atoms with Gasteiger partial charge in [-0.2, -0.15) is 0 Å². The molecule has 0 aliphatic heterocycles. The topological polar surface area (TPSA) is 114 Å². The number of nitrogens with zero attached hydrogens (tertiary/aromatic N) is 2. The number of carbonyl (C=O) groups is 2. The van der Waals surface area contributed by atoms with Gasteiger partial charge in [0.25, 0.3) is 0 Å². The van der Waals surface area contributed by atoms with Crippen LogP contribution in [-0.2, 0) is 16.1 Å². The third-order valence-corrected chi connectivity index (χ3v) is 2.56. The highest BCUT2D eigenvalue weighted by atomic mass is 16.2. The second-order valence-electron chi connectivity index (χ2n) is 4.81. The van der Waals surface area contributed by atoms with Crippen molar-refractivity contribution in [3.05, 3.63) is 23.9 Å². The third-order valence-electron chi connectivity index (χ3n) is 2.56. The number of hydrogen-bond acceptors (Lipinski definition) is 5. The second-order valence-corrected chi connectivity index (χ2v) is 4.81. The lowest BCUT2D eigenvalue weighted by molar-refractivity contribution is -0.117. The summed E-state index contributed by atoms with van der Waals surface area (Å²) in [5, 5.41) is 3.26. The Hall–Kier alpha value is -2.15. The average Bonchev–Trinajstić information content (AvgIpc) is 2.34. The molecule has 1 aromatic heterocycles. The largest absolute Gasteiger partial charge is 0.368 e. The van der Waals surface area contributed by atoms with Gasteiger partial charge in [0.2, 0.25) is 11.8 Å². The Morgan fingerprint density at radius 3 is 2.40 bits per heavy atom. The fourth-order valence-electron chi connectivity index (χ4n) is 1.75. The Balaban J connectivity index is 2.98. The first-order valence-corrected chi connectivity index (χ1v) is 6.39. The standard InChI is InChI=1S/C13H21N5O2/c1-9(2)17-6-10-4-3-5-16-13(10)18(7-11(14)19)8-12(15)20/h3-5,9,17H,6-8H2,1-2H3,(H2,14,19)(H2,15,20). The van der Waals surface area contributed by atoms with E-state index in [0.717, 1.165) is 5.56 Å². The molecule has 2 amide bonds. The molecule has 0 unspecified atom stereocenters. The first kappa shape index (κ1) is 15.9. The summed E-state index contributed by atoms with van der Waals surface area (Å²) in [5.41, 5.74) is 11.3. The van der Waals surface area contributed by atoms with Gasteiger partial charge in [0, 0.05) is 24.3 Å². The predicted molar refractivity (Wildman–Crippen MR) is 76.8 cm³/mol. The number of aromatic nitrogens is 1. The van der Waals surface area contributed by atoms with E-state index in [2.05, 4.69) is 10.3 Å². The van der Waals surface area contributed by atoms with Crippen LogP contribution in [0.5, 0.6) is 0 Å². The number of amides is 2. The molecule has 0 saturated carbocycles. The fourth-order valence-corrected chi connectivity index (χ4v) is 1.75. The molecule has 7 heteroatoms. The van der Waals surface area contributed by atoms with Crippen molar-refractivity contribution < 1.29 is 9.59 Å². The van der Waals surface area contributed by atoms with Crippen LogP contribution < -0.4 is 21.7 Å². The van der Waals surface area contributed by atoms with Gasteiger partial charge in [-0.3, -0.25) is 9.59 Å². The number of primary amides is 2. The maximum absolute atomic E-state index is 11.1. The Kier molecular flexibility index (Phi) is 5.92. The van der Waals surface area contributed by atoms with Gasteiger partial charge in [-0.05, 0) is 6.07 Å². The molecule has 1 heterocycles. The van der Waals surface area contributed by atoms with Gasteiger partial charge in [-0.15, -0.1) is 0 Å². The van der Waals surface area contributed by atoms with Crippen LogP contribution in [-0.4, -0.2) is 35.9 Å². The van der Waals surface area contributed by atoms with Crippen LogP contribution in [0.25, 0.3) is 0 Å². The number of anilines is 1. The normalized spacial score (nSPS) is 10.6. The lowest BCUT2D eigenvalue weighted by Gasteiger charge is -2.23. The van der Waals surface area contributed by atoms with Crippen molar-refractivity contribution in [3.63, 3.8) is 0 Å². The molecule has 0 aliphatic rings. The van der Waals surface area contributed by atoms with Gasteiger partial charge < -0.3 is 21.7 Å². The number of carbonyl (C=O) groups excluding carboxylic acids is 2. The van der Waals surface area contributed by atoms with E-state index in [0.29, 0.717) is 18.4 Å². The van der Waals surface area contributed by atoms with Gasteiger partial charge in [-0.25, -0.2) is 4.98 Å². The Morgan fingerprint density at radius 2 is 1.90 bits per heavy atom. The van der Waals surface area contributed by atoms with Gasteiger partial charge in [0.15, 0.2) is 0 Å². The zero-order valence-electron chi connectivity index (χ0n) is 11.8. The molecule has 0 atom stereocenters. The second kappa shape index (κ2) is 7.44. The summed E-state index contributed by atoms with van der Waals surface area (Å²) < 4.78 is 0. The maximum Gasteiger partial charge on any atom is 0.237 e. The molecule has 20 heavy (non-hydrogen) atoms. The molecule has 1 aromatic rings. The van der Waals surface area contributed by atoms with E-state index >= 15 is 0 Å². The van der Waals surface area contributed by atoms with Crippen LogP contribution in [0, 0.1) is 0 Å². The predicted octanol–water partition coefficient (Wildman–Crippen LogP) is -0.643. The van der Waals surface area contributed by atoms with E-state index in [9.17, 15) is 9.59 Å². The van der Waals surface area contributed by atoms with E-state index in [1.165, 1.54) is 4.90 Å². The van der Waals surface area contributed by atoms with Gasteiger partial charge in [0.1, 0.15) is 5.82 Å². The Bertz CT molecular complexity index is 460. The Labute approximate surface area is 118 Å². The highest BCUT2D eigenvalue weighted by molar-refractivity contribution is 5.84. The monoisotopic (exact) mass is 279 g/mol. The van der Waals surface area contributed by atoms with Crippen molar-refractivity contribution >= 4 is 17.6 Å². The highest BCUT2D eigenvalue weighted by Gasteiger charge is 2.16. The summed E-state index contributed by atoms with van der Waals surface area (Å²) >= 11 is 0. The van der Waals surface area contributed by atoms with Crippen molar-refractivity contribution in [1.82, 2.24) is 10.3 Å². The van der Waals surface area contributed by atoms with Crippen LogP contribution in [0.2, 0.25) is 0 Å². The molecule has 1 rings (SSSR count). The summed E-state index contributed by atoms with van der Waals surface area (Å²) in [6.45, 7) is 4.43. The lowest BCUT2D eigenvalue weighted by Crippen LogP contribution is -2.41. The van der Waals surface area contributed by atoms with Crippen LogP contribution in [0.4, 0.5) is 5.82 Å². The van der Waals surface area contributed by atoms with Crippen molar-refractivity contribution in [2.75, 3.05) is 18.0 Å². The molecule has 0 aromatic carbocycles. The van der Waals surface area contributed by atoms with Crippen LogP contribution >= 0.6 is 0 Å². The van der Waals surface area contributed by atoms with E-state index in [4.69, 9.17) is 11.5 Å². The summed E-state index contributed by atoms with van der Waals surface area (Å²) in [6.07, 6.45) is 1.60. The minimum absolute atomic E-state index is 0.103. The average molecular weight is 279 g/mol. The van der Waals surface area contributed by atoms with E-state index in [1.807, 2.05) is 19.9 Å². The molecule has 0 radical (unpaired) electrons. The number of hydrogen-bond donors (Lipinski definition) is 3. The lowest BCUT2D eigenvalue weighted by atomic mass is 10.2. The molecule has 0 aliphatic carbocycles. The summed E-state index contributed by atoms with van der Waals surface area (Å²) in [4.78, 5) is 28.0. The molecule has 0 spiro atoms.